The minimum Gasteiger partial charge on any atom is -0.497 e. The van der Waals surface area contributed by atoms with Crippen LogP contribution in [0.5, 0.6) is 5.75 Å². The highest BCUT2D eigenvalue weighted by Crippen LogP contribution is 2.41. The number of ether oxygens (including phenoxy) is 1. The van der Waals surface area contributed by atoms with Crippen molar-refractivity contribution in [2.45, 2.75) is 19.3 Å². The fraction of sp³-hybridized carbons (Fsp3) is 0.212. The summed E-state index contributed by atoms with van der Waals surface area (Å²) in [4.78, 5) is 9.94. The molecule has 0 atom stereocenters. The van der Waals surface area contributed by atoms with Crippen molar-refractivity contribution in [3.8, 4) is 11.8 Å². The Hall–Kier alpha value is -4.56. The highest BCUT2D eigenvalue weighted by atomic mass is 16.5. The Labute approximate surface area is 222 Å². The van der Waals surface area contributed by atoms with Crippen LogP contribution in [0.2, 0.25) is 0 Å². The van der Waals surface area contributed by atoms with Gasteiger partial charge in [0.15, 0.2) is 0 Å². The Balaban J connectivity index is 1.45. The van der Waals surface area contributed by atoms with Gasteiger partial charge in [-0.3, -0.25) is 0 Å². The molecule has 1 fully saturated rings. The van der Waals surface area contributed by atoms with E-state index in [4.69, 9.17) is 9.72 Å². The van der Waals surface area contributed by atoms with E-state index < -0.39 is 0 Å². The molecule has 38 heavy (non-hydrogen) atoms. The maximum Gasteiger partial charge on any atom is 0.119 e. The van der Waals surface area contributed by atoms with E-state index in [1.165, 1.54) is 19.3 Å². The lowest BCUT2D eigenvalue weighted by Crippen LogP contribution is -2.30. The second-order valence-corrected chi connectivity index (χ2v) is 10.1. The standard InChI is InChI=1S/C33H28N4O/c1-38-26-13-11-25(12-14-26)37-19-5-6-23-7-8-24-20-27-29(35-32(24)33(23)37)15-9-22-10-16-30(28(21-34)31(22)27)36-17-3-2-4-18-36/h5-16,20H,2-4,17-19H2,1H3. The minimum atomic E-state index is 0.761. The predicted molar refractivity (Wildman–Crippen MR) is 157 cm³/mol. The predicted octanol–water partition coefficient (Wildman–Crippen LogP) is 7.58. The third kappa shape index (κ3) is 3.56. The summed E-state index contributed by atoms with van der Waals surface area (Å²) in [6.45, 7) is 2.79. The van der Waals surface area contributed by atoms with Crippen LogP contribution in [0.3, 0.4) is 0 Å². The largest absolute Gasteiger partial charge is 0.497 e. The van der Waals surface area contributed by atoms with E-state index in [-0.39, 0.29) is 0 Å². The van der Waals surface area contributed by atoms with Crippen molar-refractivity contribution < 1.29 is 4.74 Å². The average molecular weight is 497 g/mol. The zero-order valence-corrected chi connectivity index (χ0v) is 21.4. The normalized spacial score (nSPS) is 15.2. The van der Waals surface area contributed by atoms with E-state index in [0.717, 1.165) is 86.2 Å². The molecule has 0 saturated carbocycles. The summed E-state index contributed by atoms with van der Waals surface area (Å²) in [6, 6.07) is 25.8. The van der Waals surface area contributed by atoms with Crippen molar-refractivity contribution in [2.24, 2.45) is 0 Å². The molecule has 5 nitrogen and oxygen atoms in total. The van der Waals surface area contributed by atoms with Crippen LogP contribution in [0.25, 0.3) is 38.7 Å². The second kappa shape index (κ2) is 9.08. The third-order valence-corrected chi connectivity index (χ3v) is 7.98. The molecule has 1 aromatic heterocycles. The Morgan fingerprint density at radius 1 is 0.895 bits per heavy atom. The summed E-state index contributed by atoms with van der Waals surface area (Å²) >= 11 is 0. The molecule has 0 spiro atoms. The number of piperidine rings is 1. The Bertz CT molecular complexity index is 1780. The molecule has 2 aliphatic rings. The lowest BCUT2D eigenvalue weighted by atomic mass is 9.95. The zero-order valence-electron chi connectivity index (χ0n) is 21.4. The zero-order chi connectivity index (χ0) is 25.6. The lowest BCUT2D eigenvalue weighted by Gasteiger charge is -2.30. The van der Waals surface area contributed by atoms with Gasteiger partial charge in [0.2, 0.25) is 0 Å². The van der Waals surface area contributed by atoms with Crippen molar-refractivity contribution in [1.29, 1.82) is 5.26 Å². The molecule has 2 aliphatic heterocycles. The molecule has 186 valence electrons. The van der Waals surface area contributed by atoms with Crippen LogP contribution in [-0.2, 0) is 0 Å². The van der Waals surface area contributed by atoms with Gasteiger partial charge in [0.05, 0.1) is 35.1 Å². The number of rotatable bonds is 3. The van der Waals surface area contributed by atoms with Gasteiger partial charge in [-0.25, -0.2) is 4.98 Å². The highest BCUT2D eigenvalue weighted by Gasteiger charge is 2.22. The molecule has 0 unspecified atom stereocenters. The minimum absolute atomic E-state index is 0.761. The number of nitrogens with zero attached hydrogens (tertiary/aromatic N) is 4. The first kappa shape index (κ1) is 22.6. The maximum absolute atomic E-state index is 10.4. The number of anilines is 3. The van der Waals surface area contributed by atoms with E-state index in [2.05, 4.69) is 82.6 Å². The van der Waals surface area contributed by atoms with Crippen LogP contribution >= 0.6 is 0 Å². The summed E-state index contributed by atoms with van der Waals surface area (Å²) in [5.74, 6) is 0.840. The van der Waals surface area contributed by atoms with Crippen molar-refractivity contribution in [3.63, 3.8) is 0 Å². The molecule has 1 saturated heterocycles. The Morgan fingerprint density at radius 2 is 1.68 bits per heavy atom. The summed E-state index contributed by atoms with van der Waals surface area (Å²) in [5, 5.41) is 14.6. The van der Waals surface area contributed by atoms with E-state index >= 15 is 0 Å². The number of fused-ring (bicyclic) bond motifs is 6. The second-order valence-electron chi connectivity index (χ2n) is 10.1. The first-order chi connectivity index (χ1) is 18.7. The van der Waals surface area contributed by atoms with Gasteiger partial charge in [-0.05, 0) is 67.1 Å². The lowest BCUT2D eigenvalue weighted by molar-refractivity contribution is 0.415. The molecular weight excluding hydrogens is 468 g/mol. The topological polar surface area (TPSA) is 52.4 Å². The Morgan fingerprint density at radius 3 is 2.47 bits per heavy atom. The molecule has 5 aromatic rings. The number of aromatic nitrogens is 1. The highest BCUT2D eigenvalue weighted by molar-refractivity contribution is 6.15. The van der Waals surface area contributed by atoms with Crippen LogP contribution in [0.4, 0.5) is 17.1 Å². The molecular formula is C33H28N4O. The monoisotopic (exact) mass is 496 g/mol. The van der Waals surface area contributed by atoms with Gasteiger partial charge in [0.1, 0.15) is 11.8 Å². The van der Waals surface area contributed by atoms with Gasteiger partial charge in [-0.1, -0.05) is 36.4 Å². The quantitative estimate of drug-likeness (QED) is 0.190. The molecule has 0 N–H and O–H groups in total. The first-order valence-electron chi connectivity index (χ1n) is 13.3. The number of methoxy groups -OCH3 is 1. The number of benzene rings is 4. The molecule has 7 rings (SSSR count). The van der Waals surface area contributed by atoms with E-state index in [0.29, 0.717) is 0 Å². The molecule has 0 amide bonds. The molecule has 4 aromatic carbocycles. The van der Waals surface area contributed by atoms with Crippen molar-refractivity contribution in [1.82, 2.24) is 4.98 Å². The maximum atomic E-state index is 10.4. The first-order valence-corrected chi connectivity index (χ1v) is 13.3. The molecule has 0 aliphatic carbocycles. The van der Waals surface area contributed by atoms with Crippen molar-refractivity contribution in [3.05, 3.63) is 83.9 Å². The van der Waals surface area contributed by atoms with Crippen molar-refractivity contribution in [2.75, 3.05) is 36.5 Å². The summed E-state index contributed by atoms with van der Waals surface area (Å²) in [5.41, 5.74) is 7.06. The number of nitriles is 1. The number of hydrogen-bond acceptors (Lipinski definition) is 5. The third-order valence-electron chi connectivity index (χ3n) is 7.98. The van der Waals surface area contributed by atoms with Crippen LogP contribution < -0.4 is 14.5 Å². The molecule has 5 heteroatoms. The van der Waals surface area contributed by atoms with Crippen LogP contribution in [0.15, 0.2) is 72.8 Å². The fourth-order valence-electron chi connectivity index (χ4n) is 6.09. The Kier molecular flexibility index (Phi) is 5.40. The molecule has 3 heterocycles. The molecule has 0 radical (unpaired) electrons. The van der Waals surface area contributed by atoms with Crippen LogP contribution in [-0.4, -0.2) is 31.7 Å². The number of pyridine rings is 1. The summed E-state index contributed by atoms with van der Waals surface area (Å²) in [7, 11) is 1.69. The fourth-order valence-corrected chi connectivity index (χ4v) is 6.09. The SMILES string of the molecule is COc1ccc(N2CC=Cc3ccc4cc5c(ccc6ccc(N7CCCCC7)c(C#N)c65)nc4c32)cc1. The molecule has 0 bridgehead atoms. The van der Waals surface area contributed by atoms with Gasteiger partial charge < -0.3 is 14.5 Å². The van der Waals surface area contributed by atoms with Gasteiger partial charge in [0, 0.05) is 47.0 Å². The average Bonchev–Trinajstić information content (AvgIpc) is 2.99. The number of hydrogen-bond donors (Lipinski definition) is 0. The summed E-state index contributed by atoms with van der Waals surface area (Å²) < 4.78 is 5.37. The van der Waals surface area contributed by atoms with Crippen LogP contribution in [0, 0.1) is 11.3 Å². The van der Waals surface area contributed by atoms with Crippen LogP contribution in [0.1, 0.15) is 30.4 Å². The van der Waals surface area contributed by atoms with Gasteiger partial charge in [-0.2, -0.15) is 5.26 Å². The smallest absolute Gasteiger partial charge is 0.119 e. The van der Waals surface area contributed by atoms with E-state index in [1.54, 1.807) is 7.11 Å². The van der Waals surface area contributed by atoms with Crippen molar-refractivity contribution >= 4 is 55.7 Å². The van der Waals surface area contributed by atoms with Gasteiger partial charge in [-0.15, -0.1) is 0 Å². The van der Waals surface area contributed by atoms with E-state index in [9.17, 15) is 5.26 Å². The van der Waals surface area contributed by atoms with Gasteiger partial charge in [0.25, 0.3) is 0 Å². The summed E-state index contributed by atoms with van der Waals surface area (Å²) in [6.07, 6.45) is 7.98. The van der Waals surface area contributed by atoms with E-state index in [1.807, 2.05) is 12.1 Å². The van der Waals surface area contributed by atoms with Gasteiger partial charge >= 0.3 is 0 Å².